The maximum Gasteiger partial charge on any atom is 0.316 e. The summed E-state index contributed by atoms with van der Waals surface area (Å²) in [5.41, 5.74) is -0.553. The number of aliphatic carboxylic acids is 1. The van der Waals surface area contributed by atoms with Gasteiger partial charge < -0.3 is 10.4 Å². The SMILES string of the molecule is CCCCNC(=O)C(C(=O)O)C(C)(C)C. The number of carbonyl (C=O) groups excluding carboxylic acids is 1. The molecule has 0 heterocycles. The van der Waals surface area contributed by atoms with Gasteiger partial charge in [0.15, 0.2) is 0 Å². The Morgan fingerprint density at radius 3 is 2.20 bits per heavy atom. The number of hydrogen-bond acceptors (Lipinski definition) is 2. The summed E-state index contributed by atoms with van der Waals surface area (Å²) in [6, 6.07) is 0. The second kappa shape index (κ2) is 5.73. The van der Waals surface area contributed by atoms with E-state index in [1.807, 2.05) is 6.92 Å². The lowest BCUT2D eigenvalue weighted by molar-refractivity contribution is -0.151. The highest BCUT2D eigenvalue weighted by Crippen LogP contribution is 2.26. The second-order valence-electron chi connectivity index (χ2n) is 4.78. The predicted octanol–water partition coefficient (Wildman–Crippen LogP) is 1.65. The largest absolute Gasteiger partial charge is 0.481 e. The Labute approximate surface area is 91.1 Å². The first kappa shape index (κ1) is 13.9. The van der Waals surface area contributed by atoms with E-state index in [1.54, 1.807) is 20.8 Å². The standard InChI is InChI=1S/C11H21NO3/c1-5-6-7-12-9(13)8(10(14)15)11(2,3)4/h8H,5-7H2,1-4H3,(H,12,13)(H,14,15). The zero-order chi connectivity index (χ0) is 12.1. The van der Waals surface area contributed by atoms with E-state index >= 15 is 0 Å². The Balaban J connectivity index is 4.39. The highest BCUT2D eigenvalue weighted by molar-refractivity contribution is 5.97. The number of hydrogen-bond donors (Lipinski definition) is 2. The number of carboxylic acids is 1. The maximum absolute atomic E-state index is 11.6. The van der Waals surface area contributed by atoms with Gasteiger partial charge in [0.2, 0.25) is 5.91 Å². The van der Waals surface area contributed by atoms with E-state index < -0.39 is 17.3 Å². The maximum atomic E-state index is 11.6. The molecular weight excluding hydrogens is 194 g/mol. The molecular formula is C11H21NO3. The molecule has 1 unspecified atom stereocenters. The minimum absolute atomic E-state index is 0.386. The van der Waals surface area contributed by atoms with Gasteiger partial charge in [-0.05, 0) is 11.8 Å². The van der Waals surface area contributed by atoms with Crippen molar-refractivity contribution in [1.82, 2.24) is 5.32 Å². The number of unbranched alkanes of at least 4 members (excludes halogenated alkanes) is 1. The molecule has 0 rings (SSSR count). The fraction of sp³-hybridized carbons (Fsp3) is 0.818. The molecule has 0 aliphatic heterocycles. The third-order valence-electron chi connectivity index (χ3n) is 2.20. The van der Waals surface area contributed by atoms with Gasteiger partial charge in [0.25, 0.3) is 0 Å². The predicted molar refractivity (Wildman–Crippen MR) is 58.5 cm³/mol. The lowest BCUT2D eigenvalue weighted by Gasteiger charge is -2.25. The Morgan fingerprint density at radius 1 is 1.33 bits per heavy atom. The van der Waals surface area contributed by atoms with E-state index in [1.165, 1.54) is 0 Å². The van der Waals surface area contributed by atoms with Crippen molar-refractivity contribution in [1.29, 1.82) is 0 Å². The quantitative estimate of drug-likeness (QED) is 0.541. The highest BCUT2D eigenvalue weighted by atomic mass is 16.4. The third-order valence-corrected chi connectivity index (χ3v) is 2.20. The van der Waals surface area contributed by atoms with Crippen molar-refractivity contribution in [3.63, 3.8) is 0 Å². The minimum atomic E-state index is -1.06. The average Bonchev–Trinajstić information content (AvgIpc) is 2.00. The van der Waals surface area contributed by atoms with Gasteiger partial charge in [-0.15, -0.1) is 0 Å². The van der Waals surface area contributed by atoms with E-state index in [0.717, 1.165) is 12.8 Å². The van der Waals surface area contributed by atoms with Crippen LogP contribution in [-0.4, -0.2) is 23.5 Å². The Kier molecular flexibility index (Phi) is 5.33. The van der Waals surface area contributed by atoms with Gasteiger partial charge in [0.1, 0.15) is 5.92 Å². The van der Waals surface area contributed by atoms with Crippen LogP contribution in [0.5, 0.6) is 0 Å². The molecule has 4 nitrogen and oxygen atoms in total. The molecule has 0 spiro atoms. The van der Waals surface area contributed by atoms with Gasteiger partial charge in [0, 0.05) is 6.54 Å². The first-order valence-corrected chi connectivity index (χ1v) is 5.31. The van der Waals surface area contributed by atoms with Gasteiger partial charge in [0.05, 0.1) is 0 Å². The van der Waals surface area contributed by atoms with Gasteiger partial charge >= 0.3 is 5.97 Å². The van der Waals surface area contributed by atoms with E-state index in [0.29, 0.717) is 6.54 Å². The van der Waals surface area contributed by atoms with Gasteiger partial charge in [-0.25, -0.2) is 0 Å². The van der Waals surface area contributed by atoms with Crippen LogP contribution in [-0.2, 0) is 9.59 Å². The monoisotopic (exact) mass is 215 g/mol. The summed E-state index contributed by atoms with van der Waals surface area (Å²) >= 11 is 0. The Bertz CT molecular complexity index is 230. The summed E-state index contributed by atoms with van der Waals surface area (Å²) in [7, 11) is 0. The molecule has 1 atom stereocenters. The number of rotatable bonds is 5. The summed E-state index contributed by atoms with van der Waals surface area (Å²) in [5, 5.41) is 11.6. The van der Waals surface area contributed by atoms with Crippen molar-refractivity contribution in [2.45, 2.75) is 40.5 Å². The molecule has 0 aliphatic carbocycles. The average molecular weight is 215 g/mol. The molecule has 0 fully saturated rings. The summed E-state index contributed by atoms with van der Waals surface area (Å²) in [6.07, 6.45) is 1.86. The summed E-state index contributed by atoms with van der Waals surface area (Å²) in [4.78, 5) is 22.6. The minimum Gasteiger partial charge on any atom is -0.481 e. The van der Waals surface area contributed by atoms with Crippen LogP contribution in [0.25, 0.3) is 0 Å². The van der Waals surface area contributed by atoms with E-state index in [2.05, 4.69) is 5.32 Å². The Morgan fingerprint density at radius 2 is 1.87 bits per heavy atom. The van der Waals surface area contributed by atoms with Gasteiger partial charge in [-0.2, -0.15) is 0 Å². The van der Waals surface area contributed by atoms with Crippen LogP contribution in [0.15, 0.2) is 0 Å². The highest BCUT2D eigenvalue weighted by Gasteiger charge is 2.37. The van der Waals surface area contributed by atoms with E-state index in [-0.39, 0.29) is 5.91 Å². The molecule has 0 aromatic carbocycles. The molecule has 88 valence electrons. The molecule has 1 amide bonds. The molecule has 0 aliphatic rings. The van der Waals surface area contributed by atoms with Crippen molar-refractivity contribution in [2.75, 3.05) is 6.54 Å². The third kappa shape index (κ3) is 4.81. The fourth-order valence-electron chi connectivity index (χ4n) is 1.37. The lowest BCUT2D eigenvalue weighted by atomic mass is 9.80. The fourth-order valence-corrected chi connectivity index (χ4v) is 1.37. The van der Waals surface area contributed by atoms with Crippen molar-refractivity contribution < 1.29 is 14.7 Å². The van der Waals surface area contributed by atoms with Crippen LogP contribution < -0.4 is 5.32 Å². The second-order valence-corrected chi connectivity index (χ2v) is 4.78. The normalized spacial score (nSPS) is 13.3. The molecule has 0 aromatic rings. The van der Waals surface area contributed by atoms with Crippen LogP contribution in [0.2, 0.25) is 0 Å². The molecule has 15 heavy (non-hydrogen) atoms. The van der Waals surface area contributed by atoms with Crippen LogP contribution in [0, 0.1) is 11.3 Å². The van der Waals surface area contributed by atoms with Crippen molar-refractivity contribution in [3.05, 3.63) is 0 Å². The molecule has 0 saturated carbocycles. The van der Waals surface area contributed by atoms with Crippen molar-refractivity contribution in [2.24, 2.45) is 11.3 Å². The molecule has 4 heteroatoms. The first-order valence-electron chi connectivity index (χ1n) is 5.31. The molecule has 0 radical (unpaired) electrons. The molecule has 0 saturated heterocycles. The van der Waals surface area contributed by atoms with Crippen LogP contribution >= 0.6 is 0 Å². The van der Waals surface area contributed by atoms with Gasteiger partial charge in [-0.1, -0.05) is 34.1 Å². The summed E-state index contributed by atoms with van der Waals surface area (Å²) in [6.45, 7) is 7.83. The Hall–Kier alpha value is -1.06. The number of carbonyl (C=O) groups is 2. The number of amides is 1. The molecule has 0 aromatic heterocycles. The zero-order valence-corrected chi connectivity index (χ0v) is 9.96. The van der Waals surface area contributed by atoms with Crippen molar-refractivity contribution in [3.8, 4) is 0 Å². The van der Waals surface area contributed by atoms with Crippen LogP contribution in [0.1, 0.15) is 40.5 Å². The smallest absolute Gasteiger partial charge is 0.316 e. The topological polar surface area (TPSA) is 66.4 Å². The number of nitrogens with one attached hydrogen (secondary N) is 1. The number of carboxylic acid groups (broad SMARTS) is 1. The molecule has 0 bridgehead atoms. The summed E-state index contributed by atoms with van der Waals surface area (Å²) < 4.78 is 0. The summed E-state index contributed by atoms with van der Waals surface area (Å²) in [5.74, 6) is -2.42. The van der Waals surface area contributed by atoms with Crippen LogP contribution in [0.3, 0.4) is 0 Å². The molecule has 2 N–H and O–H groups in total. The van der Waals surface area contributed by atoms with E-state index in [4.69, 9.17) is 5.11 Å². The lowest BCUT2D eigenvalue weighted by Crippen LogP contribution is -2.43. The van der Waals surface area contributed by atoms with Gasteiger partial charge in [-0.3, -0.25) is 9.59 Å². The zero-order valence-electron chi connectivity index (χ0n) is 9.96. The van der Waals surface area contributed by atoms with E-state index in [9.17, 15) is 9.59 Å². The van der Waals surface area contributed by atoms with Crippen LogP contribution in [0.4, 0.5) is 0 Å². The van der Waals surface area contributed by atoms with Crippen molar-refractivity contribution >= 4 is 11.9 Å². The first-order chi connectivity index (χ1) is 6.80.